The lowest BCUT2D eigenvalue weighted by molar-refractivity contribution is 0.325. The first kappa shape index (κ1) is 14.7. The molecule has 4 heterocycles. The normalized spacial score (nSPS) is 18.8. The Morgan fingerprint density at radius 2 is 2.35 bits per heavy atom. The van der Waals surface area contributed by atoms with Gasteiger partial charge in [0.1, 0.15) is 5.82 Å². The highest BCUT2D eigenvalue weighted by Crippen LogP contribution is 2.30. The molecule has 1 aliphatic rings. The van der Waals surface area contributed by atoms with Crippen LogP contribution in [0.3, 0.4) is 0 Å². The van der Waals surface area contributed by atoms with E-state index in [0.717, 1.165) is 31.0 Å². The van der Waals surface area contributed by atoms with Gasteiger partial charge in [-0.2, -0.15) is 5.10 Å². The van der Waals surface area contributed by atoms with Crippen LogP contribution in [0.1, 0.15) is 29.4 Å². The summed E-state index contributed by atoms with van der Waals surface area (Å²) in [7, 11) is 2.10. The van der Waals surface area contributed by atoms with Crippen molar-refractivity contribution in [1.29, 1.82) is 0 Å². The van der Waals surface area contributed by atoms with Crippen molar-refractivity contribution in [1.82, 2.24) is 24.6 Å². The molecule has 0 unspecified atom stereocenters. The first-order valence-electron chi connectivity index (χ1n) is 7.99. The van der Waals surface area contributed by atoms with Gasteiger partial charge >= 0.3 is 0 Å². The summed E-state index contributed by atoms with van der Waals surface area (Å²) in [4.78, 5) is 8.47. The number of hydrogen-bond donors (Lipinski definition) is 1. The molecule has 1 saturated heterocycles. The third-order valence-electron chi connectivity index (χ3n) is 4.55. The molecule has 0 amide bonds. The molecule has 0 bridgehead atoms. The zero-order valence-electron chi connectivity index (χ0n) is 13.5. The molecule has 1 fully saturated rings. The lowest BCUT2D eigenvalue weighted by Crippen LogP contribution is -2.20. The molecular weight excluding hydrogens is 306 g/mol. The number of nitrogens with zero attached hydrogens (tertiary/aromatic N) is 4. The second kappa shape index (κ2) is 5.94. The quantitative estimate of drug-likeness (QED) is 0.801. The number of likely N-dealkylation sites (tertiary alicyclic amines) is 1. The Morgan fingerprint density at radius 3 is 3.09 bits per heavy atom. The Balaban J connectivity index is 1.47. The van der Waals surface area contributed by atoms with Gasteiger partial charge in [-0.25, -0.2) is 4.98 Å². The number of aromatic amines is 1. The minimum absolute atomic E-state index is 0.533. The molecule has 1 N–H and O–H groups in total. The Bertz CT molecular complexity index is 786. The average Bonchev–Trinajstić information content (AvgIpc) is 3.27. The molecule has 6 heteroatoms. The van der Waals surface area contributed by atoms with Gasteiger partial charge < -0.3 is 4.57 Å². The minimum Gasteiger partial charge on any atom is -0.337 e. The molecule has 3 aromatic heterocycles. The number of H-pyrrole nitrogens is 1. The van der Waals surface area contributed by atoms with Crippen LogP contribution in [-0.2, 0) is 13.6 Å². The molecule has 0 spiro atoms. The monoisotopic (exact) mass is 327 g/mol. The van der Waals surface area contributed by atoms with E-state index in [0.29, 0.717) is 5.92 Å². The van der Waals surface area contributed by atoms with Gasteiger partial charge in [-0.15, -0.1) is 11.3 Å². The zero-order chi connectivity index (χ0) is 15.8. The van der Waals surface area contributed by atoms with E-state index in [4.69, 9.17) is 4.98 Å². The maximum absolute atomic E-state index is 4.70. The smallest absolute Gasteiger partial charge is 0.113 e. The second-order valence-electron chi connectivity index (χ2n) is 6.32. The van der Waals surface area contributed by atoms with E-state index in [1.807, 2.05) is 6.20 Å². The van der Waals surface area contributed by atoms with Crippen LogP contribution in [0.25, 0.3) is 10.6 Å². The summed E-state index contributed by atoms with van der Waals surface area (Å²) in [6, 6.07) is 4.23. The van der Waals surface area contributed by atoms with Gasteiger partial charge in [0.15, 0.2) is 0 Å². The van der Waals surface area contributed by atoms with Crippen molar-refractivity contribution in [2.75, 3.05) is 13.1 Å². The first-order chi connectivity index (χ1) is 11.2. The molecule has 0 radical (unpaired) electrons. The number of aryl methyl sites for hydroxylation is 2. The van der Waals surface area contributed by atoms with Gasteiger partial charge in [0.25, 0.3) is 0 Å². The second-order valence-corrected chi connectivity index (χ2v) is 7.27. The van der Waals surface area contributed by atoms with Crippen molar-refractivity contribution in [2.45, 2.75) is 25.8 Å². The molecule has 5 nitrogen and oxygen atoms in total. The van der Waals surface area contributed by atoms with Gasteiger partial charge in [-0.05, 0) is 31.3 Å². The van der Waals surface area contributed by atoms with Gasteiger partial charge in [0.05, 0.1) is 22.5 Å². The summed E-state index contributed by atoms with van der Waals surface area (Å²) in [6.45, 7) is 5.20. The van der Waals surface area contributed by atoms with Gasteiger partial charge in [-0.3, -0.25) is 10.00 Å². The Morgan fingerprint density at radius 1 is 1.43 bits per heavy atom. The standard InChI is InChI=1S/C17H21N5S/c1-12-9-21(2)17(19-12)13-5-6-22(10-13)11-14-8-18-20-16(14)15-4-3-7-23-15/h3-4,7-9,13H,5-6,10-11H2,1-2H3,(H,18,20)/t13-/m0/s1. The Kier molecular flexibility index (Phi) is 3.79. The molecule has 0 saturated carbocycles. The van der Waals surface area contributed by atoms with Crippen LogP contribution in [0.4, 0.5) is 0 Å². The fourth-order valence-electron chi connectivity index (χ4n) is 3.51. The Labute approximate surface area is 140 Å². The van der Waals surface area contributed by atoms with Crippen molar-refractivity contribution in [3.8, 4) is 10.6 Å². The SMILES string of the molecule is Cc1cn(C)c([C@H]2CCN(Cc3cn[nH]c3-c3cccs3)C2)n1. The number of nitrogens with one attached hydrogen (secondary N) is 1. The maximum Gasteiger partial charge on any atom is 0.113 e. The minimum atomic E-state index is 0.533. The predicted molar refractivity (Wildman–Crippen MR) is 92.5 cm³/mol. The van der Waals surface area contributed by atoms with Crippen molar-refractivity contribution in [3.05, 3.63) is 47.0 Å². The number of imidazole rings is 1. The highest BCUT2D eigenvalue weighted by Gasteiger charge is 2.27. The van der Waals surface area contributed by atoms with Crippen LogP contribution in [0.5, 0.6) is 0 Å². The predicted octanol–water partition coefficient (Wildman–Crippen LogP) is 3.17. The van der Waals surface area contributed by atoms with E-state index < -0.39 is 0 Å². The van der Waals surface area contributed by atoms with Gasteiger partial charge in [-0.1, -0.05) is 6.07 Å². The average molecular weight is 327 g/mol. The fourth-order valence-corrected chi connectivity index (χ4v) is 4.26. The zero-order valence-corrected chi connectivity index (χ0v) is 14.3. The maximum atomic E-state index is 4.70. The number of rotatable bonds is 4. The molecule has 0 aliphatic carbocycles. The molecule has 4 rings (SSSR count). The van der Waals surface area contributed by atoms with Crippen LogP contribution >= 0.6 is 11.3 Å². The van der Waals surface area contributed by atoms with Gasteiger partial charge in [0, 0.05) is 37.8 Å². The summed E-state index contributed by atoms with van der Waals surface area (Å²) in [6.07, 6.45) is 5.26. The number of thiophene rings is 1. The van der Waals surface area contributed by atoms with Crippen LogP contribution in [-0.4, -0.2) is 37.7 Å². The largest absolute Gasteiger partial charge is 0.337 e. The summed E-state index contributed by atoms with van der Waals surface area (Å²) in [5.41, 5.74) is 3.55. The van der Waals surface area contributed by atoms with Crippen molar-refractivity contribution in [3.63, 3.8) is 0 Å². The summed E-state index contributed by atoms with van der Waals surface area (Å²) in [5.74, 6) is 1.75. The lowest BCUT2D eigenvalue weighted by atomic mass is 10.1. The molecule has 120 valence electrons. The van der Waals surface area contributed by atoms with E-state index in [9.17, 15) is 0 Å². The molecule has 0 aromatic carbocycles. The van der Waals surface area contributed by atoms with Gasteiger partial charge in [0.2, 0.25) is 0 Å². The lowest BCUT2D eigenvalue weighted by Gasteiger charge is -2.15. The van der Waals surface area contributed by atoms with Crippen LogP contribution in [0.15, 0.2) is 29.9 Å². The van der Waals surface area contributed by atoms with Crippen LogP contribution in [0.2, 0.25) is 0 Å². The van der Waals surface area contributed by atoms with Crippen LogP contribution < -0.4 is 0 Å². The molecule has 1 aliphatic heterocycles. The number of hydrogen-bond acceptors (Lipinski definition) is 4. The first-order valence-corrected chi connectivity index (χ1v) is 8.87. The van der Waals surface area contributed by atoms with Crippen molar-refractivity contribution < 1.29 is 0 Å². The molecule has 1 atom stereocenters. The topological polar surface area (TPSA) is 49.7 Å². The number of aromatic nitrogens is 4. The van der Waals surface area contributed by atoms with E-state index >= 15 is 0 Å². The Hall–Kier alpha value is -1.92. The molecular formula is C17H21N5S. The van der Waals surface area contributed by atoms with Crippen molar-refractivity contribution >= 4 is 11.3 Å². The fraction of sp³-hybridized carbons (Fsp3) is 0.412. The molecule has 23 heavy (non-hydrogen) atoms. The highest BCUT2D eigenvalue weighted by atomic mass is 32.1. The summed E-state index contributed by atoms with van der Waals surface area (Å²) < 4.78 is 2.18. The van der Waals surface area contributed by atoms with E-state index in [1.54, 1.807) is 11.3 Å². The summed E-state index contributed by atoms with van der Waals surface area (Å²) in [5, 5.41) is 9.51. The van der Waals surface area contributed by atoms with E-state index in [1.165, 1.54) is 22.7 Å². The highest BCUT2D eigenvalue weighted by molar-refractivity contribution is 7.13. The third-order valence-corrected chi connectivity index (χ3v) is 5.44. The van der Waals surface area contributed by atoms with E-state index in [2.05, 4.69) is 57.3 Å². The van der Waals surface area contributed by atoms with Crippen LogP contribution in [0, 0.1) is 6.92 Å². The van der Waals surface area contributed by atoms with Crippen molar-refractivity contribution in [2.24, 2.45) is 7.05 Å². The third kappa shape index (κ3) is 2.84. The summed E-state index contributed by atoms with van der Waals surface area (Å²) >= 11 is 1.75. The van der Waals surface area contributed by atoms with E-state index in [-0.39, 0.29) is 0 Å². The molecule has 3 aromatic rings.